The first-order chi connectivity index (χ1) is 16.4. The summed E-state index contributed by atoms with van der Waals surface area (Å²) in [5.74, 6) is 1.27. The number of amides is 1. The fourth-order valence-electron chi connectivity index (χ4n) is 4.28. The molecular weight excluding hydrogens is 470 g/mol. The van der Waals surface area contributed by atoms with Gasteiger partial charge < -0.3 is 10.1 Å². The van der Waals surface area contributed by atoms with Crippen molar-refractivity contribution in [3.63, 3.8) is 0 Å². The molecule has 3 aromatic heterocycles. The average Bonchev–Trinajstić information content (AvgIpc) is 3.36. The Labute approximate surface area is 205 Å². The highest BCUT2D eigenvalue weighted by Gasteiger charge is 2.23. The summed E-state index contributed by atoms with van der Waals surface area (Å²) < 4.78 is 8.53. The van der Waals surface area contributed by atoms with E-state index in [-0.39, 0.29) is 17.2 Å². The van der Waals surface area contributed by atoms with Crippen LogP contribution in [0.1, 0.15) is 29.0 Å². The number of ether oxygens (including phenoxy) is 1. The van der Waals surface area contributed by atoms with Gasteiger partial charge in [-0.05, 0) is 62.4 Å². The van der Waals surface area contributed by atoms with Crippen molar-refractivity contribution < 1.29 is 9.53 Å². The number of aryl methyl sites for hydroxylation is 4. The largest absolute Gasteiger partial charge is 0.497 e. The smallest absolute Gasteiger partial charge is 0.267 e. The summed E-state index contributed by atoms with van der Waals surface area (Å²) >= 11 is 2.86. The molecule has 1 aliphatic rings. The molecule has 4 aromatic rings. The zero-order chi connectivity index (χ0) is 23.8. The highest BCUT2D eigenvalue weighted by Crippen LogP contribution is 2.35. The molecule has 0 aliphatic heterocycles. The topological polar surface area (TPSA) is 91.0 Å². The molecule has 0 unspecified atom stereocenters. The van der Waals surface area contributed by atoms with E-state index < -0.39 is 0 Å². The summed E-state index contributed by atoms with van der Waals surface area (Å²) in [6.45, 7) is 1.87. The summed E-state index contributed by atoms with van der Waals surface area (Å²) in [5, 5.41) is 8.35. The van der Waals surface area contributed by atoms with Gasteiger partial charge in [-0.15, -0.1) is 11.3 Å². The van der Waals surface area contributed by atoms with Crippen LogP contribution in [0.15, 0.2) is 40.3 Å². The van der Waals surface area contributed by atoms with Gasteiger partial charge in [0, 0.05) is 18.0 Å². The summed E-state index contributed by atoms with van der Waals surface area (Å²) in [4.78, 5) is 33.4. The van der Waals surface area contributed by atoms with Crippen molar-refractivity contribution in [2.24, 2.45) is 7.05 Å². The second kappa shape index (κ2) is 9.27. The van der Waals surface area contributed by atoms with Crippen LogP contribution in [0.3, 0.4) is 0 Å². The lowest BCUT2D eigenvalue weighted by Gasteiger charge is -2.14. The van der Waals surface area contributed by atoms with Gasteiger partial charge in [0.15, 0.2) is 5.16 Å². The maximum atomic E-state index is 13.8. The van der Waals surface area contributed by atoms with Crippen LogP contribution in [0.25, 0.3) is 15.9 Å². The number of benzene rings is 1. The Bertz CT molecular complexity index is 1440. The van der Waals surface area contributed by atoms with E-state index >= 15 is 0 Å². The Hall–Kier alpha value is -3.11. The molecule has 1 N–H and O–H groups in total. The molecule has 3 heterocycles. The number of nitrogens with one attached hydrogen (secondary N) is 1. The normalized spacial score (nSPS) is 13.1. The lowest BCUT2D eigenvalue weighted by atomic mass is 9.97. The van der Waals surface area contributed by atoms with E-state index in [0.717, 1.165) is 47.2 Å². The van der Waals surface area contributed by atoms with Crippen LogP contribution < -0.4 is 15.6 Å². The van der Waals surface area contributed by atoms with E-state index in [1.165, 1.54) is 16.6 Å². The molecule has 0 spiro atoms. The lowest BCUT2D eigenvalue weighted by molar-refractivity contribution is -0.113. The molecule has 176 valence electrons. The molecule has 0 fully saturated rings. The van der Waals surface area contributed by atoms with Crippen LogP contribution >= 0.6 is 23.1 Å². The molecule has 0 saturated heterocycles. The molecule has 0 saturated carbocycles. The predicted molar refractivity (Wildman–Crippen MR) is 136 cm³/mol. The molecule has 1 aliphatic carbocycles. The van der Waals surface area contributed by atoms with E-state index in [9.17, 15) is 9.59 Å². The summed E-state index contributed by atoms with van der Waals surface area (Å²) in [6, 6.07) is 9.14. The van der Waals surface area contributed by atoms with Crippen LogP contribution in [0.2, 0.25) is 0 Å². The fourth-order valence-corrected chi connectivity index (χ4v) is 6.39. The van der Waals surface area contributed by atoms with Crippen LogP contribution in [-0.4, -0.2) is 38.1 Å². The van der Waals surface area contributed by atoms with Gasteiger partial charge in [0.05, 0.1) is 29.6 Å². The Morgan fingerprint density at radius 2 is 2.00 bits per heavy atom. The van der Waals surface area contributed by atoms with Crippen molar-refractivity contribution in [2.45, 2.75) is 37.8 Å². The van der Waals surface area contributed by atoms with Crippen molar-refractivity contribution in [2.75, 3.05) is 18.2 Å². The quantitative estimate of drug-likeness (QED) is 0.320. The van der Waals surface area contributed by atoms with Gasteiger partial charge >= 0.3 is 0 Å². The molecule has 5 rings (SSSR count). The van der Waals surface area contributed by atoms with Crippen molar-refractivity contribution in [1.82, 2.24) is 19.3 Å². The average molecular weight is 496 g/mol. The number of hydrogen-bond donors (Lipinski definition) is 1. The number of aromatic nitrogens is 4. The number of hydrogen-bond acceptors (Lipinski definition) is 7. The molecule has 0 radical (unpaired) electrons. The third-order valence-corrected chi connectivity index (χ3v) is 8.01. The minimum absolute atomic E-state index is 0.0836. The predicted octanol–water partition coefficient (Wildman–Crippen LogP) is 4.11. The van der Waals surface area contributed by atoms with Gasteiger partial charge in [0.25, 0.3) is 5.56 Å². The second-order valence-electron chi connectivity index (χ2n) is 8.26. The van der Waals surface area contributed by atoms with Gasteiger partial charge in [-0.2, -0.15) is 5.10 Å². The first kappa shape index (κ1) is 22.7. The summed E-state index contributed by atoms with van der Waals surface area (Å²) in [5.41, 5.74) is 2.58. The number of nitrogens with zero attached hydrogens (tertiary/aromatic N) is 4. The lowest BCUT2D eigenvalue weighted by Crippen LogP contribution is -2.23. The van der Waals surface area contributed by atoms with Gasteiger partial charge in [0.2, 0.25) is 5.91 Å². The highest BCUT2D eigenvalue weighted by atomic mass is 32.2. The minimum Gasteiger partial charge on any atom is -0.497 e. The number of fused-ring (bicyclic) bond motifs is 3. The Morgan fingerprint density at radius 3 is 2.71 bits per heavy atom. The van der Waals surface area contributed by atoms with Crippen LogP contribution in [0.4, 0.5) is 5.82 Å². The van der Waals surface area contributed by atoms with Crippen molar-refractivity contribution in [3.05, 3.63) is 56.8 Å². The van der Waals surface area contributed by atoms with Crippen molar-refractivity contribution in [3.8, 4) is 11.4 Å². The molecule has 34 heavy (non-hydrogen) atoms. The van der Waals surface area contributed by atoms with Crippen molar-refractivity contribution >= 4 is 45.0 Å². The SMILES string of the molecule is COc1ccc(-n2c(SCC(=O)Nc3cc(C)nn3C)nc3sc4c(c3c2=O)CCCC4)cc1. The Morgan fingerprint density at radius 1 is 1.24 bits per heavy atom. The number of carbonyl (C=O) groups excluding carboxylic acids is 1. The molecule has 0 atom stereocenters. The van der Waals surface area contributed by atoms with Crippen LogP contribution in [-0.2, 0) is 24.7 Å². The van der Waals surface area contributed by atoms with E-state index in [4.69, 9.17) is 9.72 Å². The summed E-state index contributed by atoms with van der Waals surface area (Å²) in [6.07, 6.45) is 4.13. The third-order valence-electron chi connectivity index (χ3n) is 5.89. The number of methoxy groups -OCH3 is 1. The van der Waals surface area contributed by atoms with E-state index in [2.05, 4.69) is 10.4 Å². The molecule has 0 bridgehead atoms. The van der Waals surface area contributed by atoms with Gasteiger partial charge in [-0.25, -0.2) is 4.98 Å². The number of carbonyl (C=O) groups is 1. The van der Waals surface area contributed by atoms with Crippen LogP contribution in [0.5, 0.6) is 5.75 Å². The Balaban J connectivity index is 1.53. The zero-order valence-electron chi connectivity index (χ0n) is 19.3. The number of thiophene rings is 1. The molecule has 1 amide bonds. The number of thioether (sulfide) groups is 1. The van der Waals surface area contributed by atoms with Gasteiger partial charge in [-0.3, -0.25) is 18.8 Å². The molecule has 10 heteroatoms. The van der Waals surface area contributed by atoms with Crippen molar-refractivity contribution in [1.29, 1.82) is 0 Å². The third kappa shape index (κ3) is 4.23. The maximum Gasteiger partial charge on any atom is 0.267 e. The van der Waals surface area contributed by atoms with E-state index in [1.54, 1.807) is 34.7 Å². The monoisotopic (exact) mass is 495 g/mol. The standard InChI is InChI=1S/C24H25N5O3S2/c1-14-12-19(28(2)27-14)25-20(30)13-33-24-26-22-21(17-6-4-5-7-18(17)34-22)23(31)29(24)15-8-10-16(32-3)11-9-15/h8-12H,4-7,13H2,1-3H3,(H,25,30). The molecular formula is C24H25N5O3S2. The first-order valence-corrected chi connectivity index (χ1v) is 12.9. The highest BCUT2D eigenvalue weighted by molar-refractivity contribution is 7.99. The molecule has 8 nitrogen and oxygen atoms in total. The fraction of sp³-hybridized carbons (Fsp3) is 0.333. The van der Waals surface area contributed by atoms with E-state index in [1.807, 2.05) is 37.3 Å². The second-order valence-corrected chi connectivity index (χ2v) is 10.3. The molecule has 1 aromatic carbocycles. The number of anilines is 1. The number of rotatable bonds is 6. The first-order valence-electron chi connectivity index (χ1n) is 11.1. The minimum atomic E-state index is -0.186. The van der Waals surface area contributed by atoms with E-state index in [0.29, 0.717) is 22.4 Å². The van der Waals surface area contributed by atoms with Gasteiger partial charge in [-0.1, -0.05) is 11.8 Å². The maximum absolute atomic E-state index is 13.8. The Kier molecular flexibility index (Phi) is 6.18. The van der Waals surface area contributed by atoms with Crippen LogP contribution in [0, 0.1) is 6.92 Å². The summed E-state index contributed by atoms with van der Waals surface area (Å²) in [7, 11) is 3.39. The van der Waals surface area contributed by atoms with Gasteiger partial charge in [0.1, 0.15) is 16.4 Å². The zero-order valence-corrected chi connectivity index (χ0v) is 20.9.